The first kappa shape index (κ1) is 15.8. The van der Waals surface area contributed by atoms with E-state index in [1.165, 1.54) is 38.5 Å². The summed E-state index contributed by atoms with van der Waals surface area (Å²) in [5.74, 6) is 0.962. The van der Waals surface area contributed by atoms with Gasteiger partial charge in [0.1, 0.15) is 0 Å². The largest absolute Gasteiger partial charge is 0.335 e. The molecular weight excluding hydrogens is 441 g/mol. The Kier molecular flexibility index (Phi) is 5.25. The van der Waals surface area contributed by atoms with Crippen molar-refractivity contribution < 1.29 is 4.79 Å². The van der Waals surface area contributed by atoms with Crippen molar-refractivity contribution in [2.75, 3.05) is 6.54 Å². The van der Waals surface area contributed by atoms with Gasteiger partial charge in [-0.2, -0.15) is 0 Å². The van der Waals surface area contributed by atoms with Crippen LogP contribution < -0.4 is 0 Å². The van der Waals surface area contributed by atoms with E-state index in [0.717, 1.165) is 32.5 Å². The third kappa shape index (κ3) is 3.46. The van der Waals surface area contributed by atoms with Crippen molar-refractivity contribution in [3.05, 3.63) is 31.8 Å². The average molecular weight is 462 g/mol. The number of nitrogens with zero attached hydrogens (tertiary/aromatic N) is 1. The quantitative estimate of drug-likeness (QED) is 0.551. The maximum Gasteiger partial charge on any atom is 0.255 e. The summed E-state index contributed by atoms with van der Waals surface area (Å²) in [7, 11) is 0. The Labute approximate surface area is 148 Å². The molecule has 3 rings (SSSR count). The average Bonchev–Trinajstić information content (AvgIpc) is 2.99. The summed E-state index contributed by atoms with van der Waals surface area (Å²) in [4.78, 5) is 15.1. The van der Waals surface area contributed by atoms with Crippen LogP contribution in [0.15, 0.2) is 22.7 Å². The summed E-state index contributed by atoms with van der Waals surface area (Å²) < 4.78 is 2.04. The zero-order valence-corrected chi connectivity index (χ0v) is 15.9. The maximum atomic E-state index is 13.0. The first-order chi connectivity index (χ1) is 10.2. The van der Waals surface area contributed by atoms with Gasteiger partial charge in [-0.25, -0.2) is 0 Å². The molecule has 1 saturated heterocycles. The lowest BCUT2D eigenvalue weighted by molar-refractivity contribution is 0.0660. The molecule has 1 aliphatic carbocycles. The number of rotatable bonds is 2. The Morgan fingerprint density at radius 1 is 1.14 bits per heavy atom. The summed E-state index contributed by atoms with van der Waals surface area (Å²) in [6.45, 7) is 0.933. The van der Waals surface area contributed by atoms with Crippen molar-refractivity contribution in [2.24, 2.45) is 5.92 Å². The van der Waals surface area contributed by atoms with Crippen LogP contribution in [0, 0.1) is 9.49 Å². The van der Waals surface area contributed by atoms with Crippen LogP contribution >= 0.6 is 38.5 Å². The van der Waals surface area contributed by atoms with Crippen LogP contribution in [0.5, 0.6) is 0 Å². The van der Waals surface area contributed by atoms with Gasteiger partial charge >= 0.3 is 0 Å². The highest BCUT2D eigenvalue weighted by molar-refractivity contribution is 14.1. The highest BCUT2D eigenvalue weighted by Crippen LogP contribution is 2.35. The van der Waals surface area contributed by atoms with Gasteiger partial charge in [0.25, 0.3) is 5.91 Å². The van der Waals surface area contributed by atoms with Gasteiger partial charge in [-0.15, -0.1) is 0 Å². The summed E-state index contributed by atoms with van der Waals surface area (Å²) in [5.41, 5.74) is 0.854. The second-order valence-electron chi connectivity index (χ2n) is 6.23. The molecule has 1 aromatic carbocycles. The van der Waals surface area contributed by atoms with E-state index in [2.05, 4.69) is 43.4 Å². The van der Waals surface area contributed by atoms with Gasteiger partial charge in [-0.05, 0) is 72.4 Å². The predicted molar refractivity (Wildman–Crippen MR) is 97.5 cm³/mol. The Bertz CT molecular complexity index is 528. The van der Waals surface area contributed by atoms with Crippen molar-refractivity contribution in [1.82, 2.24) is 4.90 Å². The molecule has 1 atom stereocenters. The minimum Gasteiger partial charge on any atom is -0.335 e. The number of halogens is 2. The number of hydrogen-bond donors (Lipinski definition) is 0. The van der Waals surface area contributed by atoms with E-state index >= 15 is 0 Å². The highest BCUT2D eigenvalue weighted by Gasteiger charge is 2.35. The van der Waals surface area contributed by atoms with Gasteiger partial charge in [0, 0.05) is 20.6 Å². The molecule has 21 heavy (non-hydrogen) atoms. The van der Waals surface area contributed by atoms with Crippen LogP contribution in [0.1, 0.15) is 55.3 Å². The molecule has 0 bridgehead atoms. The highest BCUT2D eigenvalue weighted by atomic mass is 127. The zero-order chi connectivity index (χ0) is 14.8. The molecule has 1 aromatic rings. The molecule has 0 aromatic heterocycles. The summed E-state index contributed by atoms with van der Waals surface area (Å²) in [6, 6.07) is 6.47. The Hall–Kier alpha value is -0.100. The SMILES string of the molecule is O=C(c1cc(Br)ccc1I)N1CCCC1C1CCCCC1. The van der Waals surface area contributed by atoms with Crippen LogP contribution in [-0.4, -0.2) is 23.4 Å². The predicted octanol–water partition coefficient (Wildman–Crippen LogP) is 5.24. The molecule has 2 aliphatic rings. The maximum absolute atomic E-state index is 13.0. The van der Waals surface area contributed by atoms with E-state index in [-0.39, 0.29) is 5.91 Å². The lowest BCUT2D eigenvalue weighted by Gasteiger charge is -2.34. The number of carbonyl (C=O) groups is 1. The van der Waals surface area contributed by atoms with Crippen molar-refractivity contribution in [1.29, 1.82) is 0 Å². The fourth-order valence-corrected chi connectivity index (χ4v) is 4.80. The van der Waals surface area contributed by atoms with E-state index in [4.69, 9.17) is 0 Å². The van der Waals surface area contributed by atoms with Crippen molar-refractivity contribution in [3.63, 3.8) is 0 Å². The molecule has 0 radical (unpaired) electrons. The minimum absolute atomic E-state index is 0.230. The van der Waals surface area contributed by atoms with Gasteiger partial charge in [0.15, 0.2) is 0 Å². The topological polar surface area (TPSA) is 20.3 Å². The molecule has 1 saturated carbocycles. The standard InChI is InChI=1S/C17H21BrINO/c18-13-8-9-15(19)14(11-13)17(21)20-10-4-7-16(20)12-5-2-1-3-6-12/h8-9,11-12,16H,1-7,10H2. The molecule has 2 fully saturated rings. The zero-order valence-electron chi connectivity index (χ0n) is 12.2. The fourth-order valence-electron chi connectivity index (χ4n) is 3.87. The summed E-state index contributed by atoms with van der Waals surface area (Å²) in [5, 5.41) is 0. The number of likely N-dealkylation sites (tertiary alicyclic amines) is 1. The van der Waals surface area contributed by atoms with Gasteiger partial charge < -0.3 is 4.90 Å². The van der Waals surface area contributed by atoms with Crippen LogP contribution in [0.3, 0.4) is 0 Å². The second kappa shape index (κ2) is 6.99. The molecule has 2 nitrogen and oxygen atoms in total. The van der Waals surface area contributed by atoms with Crippen LogP contribution in [0.4, 0.5) is 0 Å². The molecule has 0 spiro atoms. The van der Waals surface area contributed by atoms with E-state index in [9.17, 15) is 4.79 Å². The summed E-state index contributed by atoms with van der Waals surface area (Å²) >= 11 is 5.76. The third-order valence-corrected chi connectivity index (χ3v) is 6.35. The van der Waals surface area contributed by atoms with Crippen molar-refractivity contribution in [3.8, 4) is 0 Å². The molecule has 4 heteroatoms. The molecule has 1 heterocycles. The Balaban J connectivity index is 1.80. The van der Waals surface area contributed by atoms with Crippen LogP contribution in [0.2, 0.25) is 0 Å². The fraction of sp³-hybridized carbons (Fsp3) is 0.588. The van der Waals surface area contributed by atoms with Gasteiger partial charge in [-0.3, -0.25) is 4.79 Å². The minimum atomic E-state index is 0.230. The molecule has 114 valence electrons. The van der Waals surface area contributed by atoms with Crippen LogP contribution in [0.25, 0.3) is 0 Å². The molecule has 1 amide bonds. The first-order valence-electron chi connectivity index (χ1n) is 7.93. The van der Waals surface area contributed by atoms with E-state index in [0.29, 0.717) is 6.04 Å². The lowest BCUT2D eigenvalue weighted by Crippen LogP contribution is -2.41. The molecule has 1 aliphatic heterocycles. The normalized spacial score (nSPS) is 23.5. The monoisotopic (exact) mass is 461 g/mol. The number of hydrogen-bond acceptors (Lipinski definition) is 1. The smallest absolute Gasteiger partial charge is 0.255 e. The lowest BCUT2D eigenvalue weighted by atomic mass is 9.83. The Morgan fingerprint density at radius 2 is 1.90 bits per heavy atom. The van der Waals surface area contributed by atoms with Crippen molar-refractivity contribution in [2.45, 2.75) is 51.0 Å². The number of amides is 1. The first-order valence-corrected chi connectivity index (χ1v) is 9.80. The van der Waals surface area contributed by atoms with Gasteiger partial charge in [-0.1, -0.05) is 35.2 Å². The summed E-state index contributed by atoms with van der Waals surface area (Å²) in [6.07, 6.45) is 9.04. The van der Waals surface area contributed by atoms with E-state index in [1.807, 2.05) is 18.2 Å². The molecular formula is C17H21BrINO. The van der Waals surface area contributed by atoms with Crippen molar-refractivity contribution >= 4 is 44.4 Å². The number of carbonyl (C=O) groups excluding carboxylic acids is 1. The van der Waals surface area contributed by atoms with Gasteiger partial charge in [0.2, 0.25) is 0 Å². The van der Waals surface area contributed by atoms with E-state index in [1.54, 1.807) is 0 Å². The third-order valence-electron chi connectivity index (χ3n) is 4.91. The molecule has 1 unspecified atom stereocenters. The number of benzene rings is 1. The van der Waals surface area contributed by atoms with Gasteiger partial charge in [0.05, 0.1) is 5.56 Å². The van der Waals surface area contributed by atoms with Crippen LogP contribution in [-0.2, 0) is 0 Å². The molecule has 0 N–H and O–H groups in total. The Morgan fingerprint density at radius 3 is 2.67 bits per heavy atom. The van der Waals surface area contributed by atoms with E-state index < -0.39 is 0 Å². The second-order valence-corrected chi connectivity index (χ2v) is 8.31.